The van der Waals surface area contributed by atoms with Gasteiger partial charge in [0, 0.05) is 26.1 Å². The van der Waals surface area contributed by atoms with Crippen LogP contribution < -0.4 is 5.32 Å². The van der Waals surface area contributed by atoms with Crippen molar-refractivity contribution in [1.29, 1.82) is 0 Å². The van der Waals surface area contributed by atoms with Gasteiger partial charge in [-0.2, -0.15) is 0 Å². The normalized spacial score (nSPS) is 19.1. The lowest BCUT2D eigenvalue weighted by molar-refractivity contribution is 0.0719. The number of piperidine rings is 1. The standard InChI is InChI=1S/C13H16N4O2S/c1-9-15-16-13(19-9)14-10-4-2-6-17(8-10)12(18)11-5-3-7-20-11/h3,5,7,10H,2,4,6,8H2,1H3,(H,14,16)/t10-/m0/s1. The van der Waals surface area contributed by atoms with Gasteiger partial charge in [-0.25, -0.2) is 0 Å². The summed E-state index contributed by atoms with van der Waals surface area (Å²) in [5.41, 5.74) is 0. The van der Waals surface area contributed by atoms with Crippen molar-refractivity contribution in [3.63, 3.8) is 0 Å². The van der Waals surface area contributed by atoms with Crippen molar-refractivity contribution in [3.8, 4) is 0 Å². The lowest BCUT2D eigenvalue weighted by Crippen LogP contribution is -2.45. The number of carbonyl (C=O) groups excluding carboxylic acids is 1. The van der Waals surface area contributed by atoms with Crippen LogP contribution in [0.2, 0.25) is 0 Å². The Morgan fingerprint density at radius 3 is 3.15 bits per heavy atom. The highest BCUT2D eigenvalue weighted by Crippen LogP contribution is 2.19. The summed E-state index contributed by atoms with van der Waals surface area (Å²) in [6, 6.07) is 4.36. The zero-order valence-electron chi connectivity index (χ0n) is 11.2. The first-order valence-electron chi connectivity index (χ1n) is 6.62. The minimum Gasteiger partial charge on any atom is -0.408 e. The van der Waals surface area contributed by atoms with E-state index in [0.717, 1.165) is 24.3 Å². The van der Waals surface area contributed by atoms with E-state index in [1.165, 1.54) is 11.3 Å². The van der Waals surface area contributed by atoms with Gasteiger partial charge < -0.3 is 14.6 Å². The number of hydrogen-bond donors (Lipinski definition) is 1. The molecule has 0 aromatic carbocycles. The number of aryl methyl sites for hydroxylation is 1. The van der Waals surface area contributed by atoms with Crippen molar-refractivity contribution < 1.29 is 9.21 Å². The molecule has 1 aliphatic rings. The maximum absolute atomic E-state index is 12.3. The molecule has 1 N–H and O–H groups in total. The summed E-state index contributed by atoms with van der Waals surface area (Å²) in [5.74, 6) is 0.642. The minimum atomic E-state index is 0.105. The van der Waals surface area contributed by atoms with E-state index in [2.05, 4.69) is 15.5 Å². The van der Waals surface area contributed by atoms with Crippen LogP contribution in [-0.2, 0) is 0 Å². The first-order chi connectivity index (χ1) is 9.72. The van der Waals surface area contributed by atoms with E-state index in [0.29, 0.717) is 18.5 Å². The monoisotopic (exact) mass is 292 g/mol. The predicted molar refractivity (Wildman–Crippen MR) is 75.9 cm³/mol. The van der Waals surface area contributed by atoms with E-state index in [-0.39, 0.29) is 11.9 Å². The number of anilines is 1. The van der Waals surface area contributed by atoms with E-state index in [9.17, 15) is 4.79 Å². The van der Waals surface area contributed by atoms with Crippen LogP contribution in [0.5, 0.6) is 0 Å². The van der Waals surface area contributed by atoms with Crippen LogP contribution in [0.15, 0.2) is 21.9 Å². The molecule has 2 aromatic heterocycles. The van der Waals surface area contributed by atoms with Gasteiger partial charge in [0.1, 0.15) is 0 Å². The Bertz CT molecular complexity index is 581. The summed E-state index contributed by atoms with van der Waals surface area (Å²) in [6.07, 6.45) is 1.97. The summed E-state index contributed by atoms with van der Waals surface area (Å²) < 4.78 is 5.32. The molecule has 0 aliphatic carbocycles. The number of nitrogens with zero attached hydrogens (tertiary/aromatic N) is 3. The quantitative estimate of drug-likeness (QED) is 0.938. The van der Waals surface area contributed by atoms with Crippen molar-refractivity contribution in [2.75, 3.05) is 18.4 Å². The van der Waals surface area contributed by atoms with Crippen molar-refractivity contribution >= 4 is 23.3 Å². The average Bonchev–Trinajstić information content (AvgIpc) is 3.10. The van der Waals surface area contributed by atoms with Crippen molar-refractivity contribution in [2.24, 2.45) is 0 Å². The summed E-state index contributed by atoms with van der Waals surface area (Å²) in [7, 11) is 0. The molecule has 20 heavy (non-hydrogen) atoms. The molecule has 0 radical (unpaired) electrons. The first-order valence-corrected chi connectivity index (χ1v) is 7.50. The van der Waals surface area contributed by atoms with Crippen LogP contribution in [-0.4, -0.2) is 40.1 Å². The molecular formula is C13H16N4O2S. The SMILES string of the molecule is Cc1nnc(N[C@H]2CCCN(C(=O)c3cccs3)C2)o1. The van der Waals surface area contributed by atoms with Crippen LogP contribution in [0.3, 0.4) is 0 Å². The van der Waals surface area contributed by atoms with Gasteiger partial charge in [-0.05, 0) is 24.3 Å². The van der Waals surface area contributed by atoms with Gasteiger partial charge in [-0.15, -0.1) is 16.4 Å². The third kappa shape index (κ3) is 2.82. The molecule has 106 valence electrons. The molecule has 1 amide bonds. The van der Waals surface area contributed by atoms with Crippen LogP contribution in [0.1, 0.15) is 28.4 Å². The van der Waals surface area contributed by atoms with Crippen molar-refractivity contribution in [1.82, 2.24) is 15.1 Å². The van der Waals surface area contributed by atoms with Gasteiger partial charge in [0.2, 0.25) is 5.89 Å². The molecule has 1 saturated heterocycles. The molecule has 2 aromatic rings. The number of amides is 1. The molecule has 0 bridgehead atoms. The van der Waals surface area contributed by atoms with E-state index in [4.69, 9.17) is 4.42 Å². The molecule has 7 heteroatoms. The average molecular weight is 292 g/mol. The third-order valence-electron chi connectivity index (χ3n) is 3.29. The van der Waals surface area contributed by atoms with Gasteiger partial charge in [0.25, 0.3) is 5.91 Å². The highest BCUT2D eigenvalue weighted by atomic mass is 32.1. The molecule has 1 atom stereocenters. The molecule has 0 spiro atoms. The van der Waals surface area contributed by atoms with Gasteiger partial charge in [-0.1, -0.05) is 11.2 Å². The predicted octanol–water partition coefficient (Wildman–Crippen LogP) is 2.16. The Balaban J connectivity index is 1.63. The maximum atomic E-state index is 12.3. The molecule has 6 nitrogen and oxygen atoms in total. The van der Waals surface area contributed by atoms with E-state index in [1.807, 2.05) is 22.4 Å². The number of rotatable bonds is 3. The Morgan fingerprint density at radius 2 is 2.45 bits per heavy atom. The lowest BCUT2D eigenvalue weighted by atomic mass is 10.1. The van der Waals surface area contributed by atoms with Gasteiger partial charge in [-0.3, -0.25) is 4.79 Å². The molecule has 1 aliphatic heterocycles. The number of nitrogens with one attached hydrogen (secondary N) is 1. The molecular weight excluding hydrogens is 276 g/mol. The number of aromatic nitrogens is 2. The number of thiophene rings is 1. The number of hydrogen-bond acceptors (Lipinski definition) is 6. The van der Waals surface area contributed by atoms with Crippen molar-refractivity contribution in [3.05, 3.63) is 28.3 Å². The number of likely N-dealkylation sites (tertiary alicyclic amines) is 1. The largest absolute Gasteiger partial charge is 0.408 e. The smallest absolute Gasteiger partial charge is 0.315 e. The second kappa shape index (κ2) is 5.62. The van der Waals surface area contributed by atoms with Crippen LogP contribution in [0.25, 0.3) is 0 Å². The summed E-state index contributed by atoms with van der Waals surface area (Å²) in [4.78, 5) is 15.0. The molecule has 0 saturated carbocycles. The fraction of sp³-hybridized carbons (Fsp3) is 0.462. The maximum Gasteiger partial charge on any atom is 0.315 e. The first kappa shape index (κ1) is 13.1. The van der Waals surface area contributed by atoms with E-state index >= 15 is 0 Å². The van der Waals surface area contributed by atoms with E-state index < -0.39 is 0 Å². The second-order valence-electron chi connectivity index (χ2n) is 4.84. The fourth-order valence-electron chi connectivity index (χ4n) is 2.37. The lowest BCUT2D eigenvalue weighted by Gasteiger charge is -2.32. The second-order valence-corrected chi connectivity index (χ2v) is 5.79. The zero-order chi connectivity index (χ0) is 13.9. The van der Waals surface area contributed by atoms with Gasteiger partial charge in [0.05, 0.1) is 4.88 Å². The zero-order valence-corrected chi connectivity index (χ0v) is 12.0. The topological polar surface area (TPSA) is 71.3 Å². The van der Waals surface area contributed by atoms with Gasteiger partial charge in [0.15, 0.2) is 0 Å². The van der Waals surface area contributed by atoms with Crippen molar-refractivity contribution in [2.45, 2.75) is 25.8 Å². The van der Waals surface area contributed by atoms with Crippen LogP contribution in [0, 0.1) is 6.92 Å². The Morgan fingerprint density at radius 1 is 1.55 bits per heavy atom. The van der Waals surface area contributed by atoms with Crippen LogP contribution in [0.4, 0.5) is 6.01 Å². The van der Waals surface area contributed by atoms with Crippen LogP contribution >= 0.6 is 11.3 Å². The van der Waals surface area contributed by atoms with Gasteiger partial charge >= 0.3 is 6.01 Å². The Hall–Kier alpha value is -1.89. The Kier molecular flexibility index (Phi) is 3.68. The minimum absolute atomic E-state index is 0.105. The molecule has 3 heterocycles. The number of carbonyl (C=O) groups is 1. The third-order valence-corrected chi connectivity index (χ3v) is 4.15. The summed E-state index contributed by atoms with van der Waals surface area (Å²) >= 11 is 1.48. The fourth-order valence-corrected chi connectivity index (χ4v) is 3.06. The molecule has 0 unspecified atom stereocenters. The highest BCUT2D eigenvalue weighted by Gasteiger charge is 2.25. The molecule has 1 fully saturated rings. The Labute approximate surface area is 120 Å². The summed E-state index contributed by atoms with van der Waals surface area (Å²) in [6.45, 7) is 3.22. The molecule has 3 rings (SSSR count). The van der Waals surface area contributed by atoms with E-state index in [1.54, 1.807) is 6.92 Å². The highest BCUT2D eigenvalue weighted by molar-refractivity contribution is 7.12. The summed E-state index contributed by atoms with van der Waals surface area (Å²) in [5, 5.41) is 12.8.